The van der Waals surface area contributed by atoms with E-state index in [9.17, 15) is 53.4 Å². The lowest BCUT2D eigenvalue weighted by Gasteiger charge is -2.36. The molecule has 0 aromatic rings. The van der Waals surface area contributed by atoms with Crippen molar-refractivity contribution in [2.75, 3.05) is 171 Å². The molecule has 1 atom stereocenters. The number of nitrogens with one attached hydrogen (secondary N) is 9. The van der Waals surface area contributed by atoms with Crippen LogP contribution in [0.1, 0.15) is 125 Å². The van der Waals surface area contributed by atoms with E-state index >= 15 is 0 Å². The van der Waals surface area contributed by atoms with Gasteiger partial charge in [-0.1, -0.05) is 148 Å². The van der Waals surface area contributed by atoms with Gasteiger partial charge in [-0.05, 0) is 130 Å². The second-order valence-corrected chi connectivity index (χ2v) is 47.3. The van der Waals surface area contributed by atoms with Crippen molar-refractivity contribution >= 4 is 197 Å². The van der Waals surface area contributed by atoms with E-state index in [0.29, 0.717) is 39.6 Å². The molecule has 0 saturated carbocycles. The second-order valence-electron chi connectivity index (χ2n) is 29.5. The molecule has 40 heteroatoms. The highest BCUT2D eigenvalue weighted by Crippen LogP contribution is 2.27. The SMILES string of the molecule is CC(C)(Br)C(=O)NCC(CNC(=O)C(C)(C)Br)(CNC(=O)C(C)(C)Br)COCCOCCN=[N+]=[N-].CC(C)(Br)C(=O)NCC(CNC(=O)C(C)(C)Br)(CNC(=O)C(C)(C)Br)COCCOCCOCCOCCOCC(O)CO.CC(C)(Br)C(=O)NCC(CO)(CNC(=O)C(C)(C)Br)CNC(=O)C(C)(C)Br. The van der Waals surface area contributed by atoms with Gasteiger partial charge in [-0.15, -0.1) is 0 Å². The van der Waals surface area contributed by atoms with Gasteiger partial charge in [0.05, 0.1) is 145 Å². The van der Waals surface area contributed by atoms with E-state index in [2.05, 4.69) is 201 Å². The van der Waals surface area contributed by atoms with Crippen molar-refractivity contribution < 1.29 is 91.6 Å². The molecule has 0 spiro atoms. The summed E-state index contributed by atoms with van der Waals surface area (Å²) in [6.45, 7) is 35.1. The Morgan fingerprint density at radius 2 is 0.500 bits per heavy atom. The summed E-state index contributed by atoms with van der Waals surface area (Å²) in [6, 6.07) is 0. The van der Waals surface area contributed by atoms with Gasteiger partial charge in [-0.25, -0.2) is 0 Å². The molecule has 0 bridgehead atoms. The van der Waals surface area contributed by atoms with Crippen LogP contribution in [0.2, 0.25) is 0 Å². The number of carbonyl (C=O) groups excluding carboxylic acids is 9. The first-order valence-electron chi connectivity index (χ1n) is 33.9. The molecule has 0 aliphatic carbocycles. The molecular formula is C66H119Br9N12O19. The molecule has 0 fully saturated rings. The summed E-state index contributed by atoms with van der Waals surface area (Å²) < 4.78 is 31.5. The van der Waals surface area contributed by atoms with Crippen LogP contribution in [-0.2, 0) is 76.3 Å². The number of hydrogen-bond acceptors (Lipinski definition) is 20. The number of rotatable bonds is 53. The van der Waals surface area contributed by atoms with E-state index in [1.54, 1.807) is 125 Å². The quantitative estimate of drug-likeness (QED) is 0.0104. The molecule has 0 heterocycles. The Bertz CT molecular complexity index is 2480. The van der Waals surface area contributed by atoms with Gasteiger partial charge in [0.1, 0.15) is 6.10 Å². The van der Waals surface area contributed by atoms with Crippen LogP contribution in [0.15, 0.2) is 5.11 Å². The molecule has 620 valence electrons. The second kappa shape index (κ2) is 52.0. The minimum atomic E-state index is -0.963. The van der Waals surface area contributed by atoms with Crippen LogP contribution in [0, 0.1) is 16.2 Å². The number of aliphatic hydroxyl groups excluding tert-OH is 3. The monoisotopic (exact) mass is 2090 g/mol. The zero-order valence-electron chi connectivity index (χ0n) is 64.6. The Morgan fingerprint density at radius 1 is 0.321 bits per heavy atom. The molecule has 12 N–H and O–H groups in total. The van der Waals surface area contributed by atoms with Crippen molar-refractivity contribution in [3.8, 4) is 0 Å². The minimum Gasteiger partial charge on any atom is -0.396 e. The molecule has 1 unspecified atom stereocenters. The smallest absolute Gasteiger partial charge is 0.236 e. The Hall–Kier alpha value is -1.54. The largest absolute Gasteiger partial charge is 0.396 e. The van der Waals surface area contributed by atoms with E-state index in [1.807, 2.05) is 0 Å². The summed E-state index contributed by atoms with van der Waals surface area (Å²) in [5, 5.41) is 57.1. The van der Waals surface area contributed by atoms with E-state index in [-0.39, 0.29) is 185 Å². The van der Waals surface area contributed by atoms with Gasteiger partial charge in [-0.3, -0.25) is 43.2 Å². The third kappa shape index (κ3) is 52.7. The molecule has 0 rings (SSSR count). The molecular weight excluding hydrogens is 1980 g/mol. The fourth-order valence-corrected chi connectivity index (χ4v) is 8.60. The van der Waals surface area contributed by atoms with E-state index < -0.39 is 61.3 Å². The molecule has 0 radical (unpaired) electrons. The van der Waals surface area contributed by atoms with Crippen LogP contribution >= 0.6 is 143 Å². The molecule has 0 saturated heterocycles. The van der Waals surface area contributed by atoms with Gasteiger partial charge >= 0.3 is 0 Å². The number of alkyl halides is 9. The summed E-state index contributed by atoms with van der Waals surface area (Å²) in [5.41, 5.74) is 5.60. The zero-order valence-corrected chi connectivity index (χ0v) is 78.9. The van der Waals surface area contributed by atoms with Gasteiger partial charge in [0.2, 0.25) is 53.2 Å². The van der Waals surface area contributed by atoms with Crippen molar-refractivity contribution in [1.29, 1.82) is 0 Å². The lowest BCUT2D eigenvalue weighted by molar-refractivity contribution is -0.126. The fraction of sp³-hybridized carbons (Fsp3) is 0.864. The molecule has 0 aliphatic rings. The number of halogens is 9. The van der Waals surface area contributed by atoms with E-state index in [1.165, 1.54) is 0 Å². The maximum Gasteiger partial charge on any atom is 0.236 e. The first-order valence-corrected chi connectivity index (χ1v) is 41.1. The summed E-state index contributed by atoms with van der Waals surface area (Å²) >= 11 is 30.0. The maximum absolute atomic E-state index is 12.7. The van der Waals surface area contributed by atoms with E-state index in [4.69, 9.17) is 43.8 Å². The number of carbonyl (C=O) groups is 9. The lowest BCUT2D eigenvalue weighted by Crippen LogP contribution is -2.57. The van der Waals surface area contributed by atoms with Gasteiger partial charge in [0, 0.05) is 86.6 Å². The van der Waals surface area contributed by atoms with Gasteiger partial charge < -0.3 is 96.3 Å². The van der Waals surface area contributed by atoms with Crippen molar-refractivity contribution in [1.82, 2.24) is 47.9 Å². The zero-order chi connectivity index (χ0) is 82.9. The summed E-state index contributed by atoms with van der Waals surface area (Å²) in [4.78, 5) is 115. The Morgan fingerprint density at radius 3 is 0.679 bits per heavy atom. The number of amides is 9. The van der Waals surface area contributed by atoms with Crippen molar-refractivity contribution in [3.63, 3.8) is 0 Å². The van der Waals surface area contributed by atoms with Crippen molar-refractivity contribution in [2.24, 2.45) is 21.4 Å². The summed E-state index contributed by atoms with van der Waals surface area (Å²) in [5.74, 6) is -2.28. The number of ether oxygens (including phenoxy) is 7. The first kappa shape index (κ1) is 109. The van der Waals surface area contributed by atoms with Crippen LogP contribution in [-0.4, -0.2) is 285 Å². The van der Waals surface area contributed by atoms with Gasteiger partial charge in [-0.2, -0.15) is 0 Å². The Balaban J connectivity index is -0.00000155. The fourth-order valence-electron chi connectivity index (χ4n) is 7.34. The third-order valence-corrected chi connectivity index (χ3v) is 17.6. The van der Waals surface area contributed by atoms with Crippen molar-refractivity contribution in [2.45, 2.75) is 170 Å². The van der Waals surface area contributed by atoms with Gasteiger partial charge in [0.25, 0.3) is 0 Å². The molecule has 0 aliphatic heterocycles. The molecule has 0 aromatic carbocycles. The van der Waals surface area contributed by atoms with Crippen LogP contribution in [0.25, 0.3) is 10.4 Å². The highest BCUT2D eigenvalue weighted by molar-refractivity contribution is 9.11. The van der Waals surface area contributed by atoms with Crippen molar-refractivity contribution in [3.05, 3.63) is 10.4 Å². The number of nitrogens with zero attached hydrogens (tertiary/aromatic N) is 3. The molecule has 9 amide bonds. The number of hydrogen-bond donors (Lipinski definition) is 12. The highest BCUT2D eigenvalue weighted by atomic mass is 79.9. The summed E-state index contributed by atoms with van der Waals surface area (Å²) in [6.07, 6.45) is -0.885. The number of azide groups is 1. The predicted molar refractivity (Wildman–Crippen MR) is 441 cm³/mol. The van der Waals surface area contributed by atoms with Crippen LogP contribution < -0.4 is 47.9 Å². The summed E-state index contributed by atoms with van der Waals surface area (Å²) in [7, 11) is 0. The molecule has 106 heavy (non-hydrogen) atoms. The Labute approximate surface area is 702 Å². The predicted octanol–water partition coefficient (Wildman–Crippen LogP) is 6.30. The average molecular weight is 2100 g/mol. The minimum absolute atomic E-state index is 0.0581. The van der Waals surface area contributed by atoms with Crippen LogP contribution in [0.3, 0.4) is 0 Å². The maximum atomic E-state index is 12.7. The van der Waals surface area contributed by atoms with Crippen LogP contribution in [0.5, 0.6) is 0 Å². The number of aliphatic hydroxyl groups is 3. The Kier molecular flexibility index (Phi) is 53.3. The molecule has 31 nitrogen and oxygen atoms in total. The van der Waals surface area contributed by atoms with Gasteiger partial charge in [0.15, 0.2) is 0 Å². The first-order chi connectivity index (χ1) is 48.2. The highest BCUT2D eigenvalue weighted by Gasteiger charge is 2.41. The third-order valence-electron chi connectivity index (χ3n) is 14.4. The molecule has 0 aromatic heterocycles. The van der Waals surface area contributed by atoms with Crippen LogP contribution in [0.4, 0.5) is 0 Å². The average Bonchev–Trinajstić information content (AvgIpc) is 0.960. The van der Waals surface area contributed by atoms with E-state index in [0.717, 1.165) is 0 Å². The standard InChI is InChI=1S/C28H52Br3N3O10.C21H37Br3N6O5.C17H30Br3N3O4/c1-25(2,29)22(37)32-17-28(18-33-23(38)26(3,4)30,19-34-24(39)27(5,6)31)20-44-14-12-42-10-8-40-7-9-41-11-13-43-16-21(36)15-35;1-18(2,22)15(31)26-11-21(12-27-16(32)19(3,4)23,13-28-17(33)20(5,6)24)14-35-10-9-34-8-7-29-30-25;1-14(2,18)11(25)21-7-17(10-24,8-22-12(26)15(3,4)19)9-23-13(27)16(5,6)20/h21,35-36H,7-20H2,1-6H3,(H,32,37)(H,33,38)(H,34,39);7-14H2,1-6H3,(H,26,31)(H,27,32)(H,28,33);24H,7-10H2,1-6H3,(H,21,25)(H,22,26)(H,23,27). The normalized spacial score (nSPS) is 13.0. The topological polar surface area (TPSA) is 436 Å². The lowest BCUT2D eigenvalue weighted by atomic mass is 9.87.